The SMILES string of the molecule is CC1CCCCN1CCNC(=O)C1CNCCO1.Cl.Cl. The van der Waals surface area contributed by atoms with E-state index < -0.39 is 0 Å². The smallest absolute Gasteiger partial charge is 0.250 e. The zero-order chi connectivity index (χ0) is 12.8. The van der Waals surface area contributed by atoms with Crippen LogP contribution in [0.4, 0.5) is 0 Å². The lowest BCUT2D eigenvalue weighted by Crippen LogP contribution is -2.49. The first-order chi connectivity index (χ1) is 8.77. The van der Waals surface area contributed by atoms with Crippen molar-refractivity contribution in [1.82, 2.24) is 15.5 Å². The summed E-state index contributed by atoms with van der Waals surface area (Å²) in [6.45, 7) is 7.21. The molecule has 0 radical (unpaired) electrons. The van der Waals surface area contributed by atoms with Crippen molar-refractivity contribution in [3.05, 3.63) is 0 Å². The molecule has 0 bridgehead atoms. The van der Waals surface area contributed by atoms with Crippen LogP contribution in [0.15, 0.2) is 0 Å². The third-order valence-electron chi connectivity index (χ3n) is 3.86. The molecule has 0 aromatic rings. The number of hydrogen-bond donors (Lipinski definition) is 2. The summed E-state index contributed by atoms with van der Waals surface area (Å²) in [5, 5.41) is 6.14. The van der Waals surface area contributed by atoms with Crippen molar-refractivity contribution in [2.75, 3.05) is 39.3 Å². The largest absolute Gasteiger partial charge is 0.366 e. The van der Waals surface area contributed by atoms with E-state index in [1.54, 1.807) is 0 Å². The van der Waals surface area contributed by atoms with Crippen LogP contribution >= 0.6 is 24.8 Å². The average Bonchev–Trinajstić information content (AvgIpc) is 2.42. The second-order valence-electron chi connectivity index (χ2n) is 5.24. The normalized spacial score (nSPS) is 27.1. The van der Waals surface area contributed by atoms with Gasteiger partial charge in [0.05, 0.1) is 6.61 Å². The summed E-state index contributed by atoms with van der Waals surface area (Å²) >= 11 is 0. The van der Waals surface area contributed by atoms with Crippen molar-refractivity contribution in [3.63, 3.8) is 0 Å². The minimum Gasteiger partial charge on any atom is -0.366 e. The molecule has 1 amide bonds. The van der Waals surface area contributed by atoms with Gasteiger partial charge in [0.15, 0.2) is 0 Å². The second-order valence-corrected chi connectivity index (χ2v) is 5.24. The van der Waals surface area contributed by atoms with Gasteiger partial charge in [-0.25, -0.2) is 0 Å². The van der Waals surface area contributed by atoms with Crippen LogP contribution in [-0.4, -0.2) is 62.3 Å². The molecule has 2 N–H and O–H groups in total. The summed E-state index contributed by atoms with van der Waals surface area (Å²) in [5.74, 6) is 0.0202. The first-order valence-corrected chi connectivity index (χ1v) is 7.11. The molecule has 0 aromatic carbocycles. The molecular formula is C13H27Cl2N3O2. The van der Waals surface area contributed by atoms with Crippen molar-refractivity contribution in [2.45, 2.75) is 38.3 Å². The number of amides is 1. The zero-order valence-electron chi connectivity index (χ0n) is 12.1. The van der Waals surface area contributed by atoms with E-state index in [0.29, 0.717) is 19.2 Å². The quantitative estimate of drug-likeness (QED) is 0.802. The summed E-state index contributed by atoms with van der Waals surface area (Å²) < 4.78 is 5.42. The Morgan fingerprint density at radius 2 is 2.20 bits per heavy atom. The van der Waals surface area contributed by atoms with E-state index in [9.17, 15) is 4.79 Å². The van der Waals surface area contributed by atoms with Crippen LogP contribution in [0.2, 0.25) is 0 Å². The molecule has 0 aliphatic carbocycles. The van der Waals surface area contributed by atoms with Gasteiger partial charge >= 0.3 is 0 Å². The van der Waals surface area contributed by atoms with Gasteiger partial charge in [-0.1, -0.05) is 6.42 Å². The third-order valence-corrected chi connectivity index (χ3v) is 3.86. The van der Waals surface area contributed by atoms with E-state index in [1.807, 2.05) is 0 Å². The highest BCUT2D eigenvalue weighted by atomic mass is 35.5. The number of nitrogens with one attached hydrogen (secondary N) is 2. The molecule has 2 saturated heterocycles. The van der Waals surface area contributed by atoms with E-state index in [0.717, 1.165) is 19.6 Å². The van der Waals surface area contributed by atoms with Crippen LogP contribution in [0, 0.1) is 0 Å². The van der Waals surface area contributed by atoms with Crippen molar-refractivity contribution < 1.29 is 9.53 Å². The molecule has 120 valence electrons. The predicted molar refractivity (Wildman–Crippen MR) is 85.0 cm³/mol. The topological polar surface area (TPSA) is 53.6 Å². The van der Waals surface area contributed by atoms with Crippen LogP contribution in [0.25, 0.3) is 0 Å². The summed E-state index contributed by atoms with van der Waals surface area (Å²) in [6, 6.07) is 0.656. The number of halogens is 2. The Hall–Kier alpha value is -0.0700. The first kappa shape index (κ1) is 19.9. The molecule has 2 aliphatic rings. The lowest BCUT2D eigenvalue weighted by Gasteiger charge is -2.33. The molecule has 0 spiro atoms. The molecule has 2 rings (SSSR count). The number of nitrogens with zero attached hydrogens (tertiary/aromatic N) is 1. The first-order valence-electron chi connectivity index (χ1n) is 7.11. The number of hydrogen-bond acceptors (Lipinski definition) is 4. The molecule has 20 heavy (non-hydrogen) atoms. The molecule has 2 aliphatic heterocycles. The predicted octanol–water partition coefficient (Wildman–Crippen LogP) is 0.809. The van der Waals surface area contributed by atoms with Gasteiger partial charge in [0.2, 0.25) is 0 Å². The molecule has 2 unspecified atom stereocenters. The number of carbonyl (C=O) groups excluding carboxylic acids is 1. The summed E-state index contributed by atoms with van der Waals surface area (Å²) in [7, 11) is 0. The van der Waals surface area contributed by atoms with Crippen LogP contribution in [0.1, 0.15) is 26.2 Å². The van der Waals surface area contributed by atoms with E-state index in [2.05, 4.69) is 22.5 Å². The van der Waals surface area contributed by atoms with Gasteiger partial charge in [0.1, 0.15) is 6.10 Å². The Kier molecular flexibility index (Phi) is 10.6. The van der Waals surface area contributed by atoms with Crippen LogP contribution in [0.5, 0.6) is 0 Å². The van der Waals surface area contributed by atoms with Crippen molar-refractivity contribution >= 4 is 30.7 Å². The molecule has 0 saturated carbocycles. The summed E-state index contributed by atoms with van der Waals surface area (Å²) in [5.41, 5.74) is 0. The highest BCUT2D eigenvalue weighted by Crippen LogP contribution is 2.15. The van der Waals surface area contributed by atoms with Crippen LogP contribution in [0.3, 0.4) is 0 Å². The number of rotatable bonds is 4. The van der Waals surface area contributed by atoms with E-state index in [1.165, 1.54) is 25.8 Å². The van der Waals surface area contributed by atoms with E-state index >= 15 is 0 Å². The van der Waals surface area contributed by atoms with E-state index in [4.69, 9.17) is 4.74 Å². The fraction of sp³-hybridized carbons (Fsp3) is 0.923. The fourth-order valence-electron chi connectivity index (χ4n) is 2.66. The standard InChI is InChI=1S/C13H25N3O2.2ClH/c1-11-4-2-3-7-16(11)8-5-15-13(17)12-10-14-6-9-18-12;;/h11-12,14H,2-10H2,1H3,(H,15,17);2*1H. The second kappa shape index (κ2) is 10.6. The van der Waals surface area contributed by atoms with Gasteiger partial charge < -0.3 is 15.4 Å². The zero-order valence-corrected chi connectivity index (χ0v) is 13.7. The van der Waals surface area contributed by atoms with Crippen LogP contribution < -0.4 is 10.6 Å². The van der Waals surface area contributed by atoms with Gasteiger partial charge in [-0.05, 0) is 26.3 Å². The molecule has 7 heteroatoms. The molecular weight excluding hydrogens is 301 g/mol. The average molecular weight is 328 g/mol. The maximum Gasteiger partial charge on any atom is 0.250 e. The molecule has 2 fully saturated rings. The minimum atomic E-state index is -0.308. The highest BCUT2D eigenvalue weighted by Gasteiger charge is 2.22. The number of morpholine rings is 1. The Morgan fingerprint density at radius 1 is 1.40 bits per heavy atom. The number of likely N-dealkylation sites (tertiary alicyclic amines) is 1. The Bertz CT molecular complexity index is 276. The maximum atomic E-state index is 11.8. The molecule has 2 atom stereocenters. The monoisotopic (exact) mass is 327 g/mol. The highest BCUT2D eigenvalue weighted by molar-refractivity contribution is 5.85. The fourth-order valence-corrected chi connectivity index (χ4v) is 2.66. The number of ether oxygens (including phenoxy) is 1. The minimum absolute atomic E-state index is 0. The van der Waals surface area contributed by atoms with Gasteiger partial charge in [0.25, 0.3) is 5.91 Å². The summed E-state index contributed by atoms with van der Waals surface area (Å²) in [6.07, 6.45) is 3.60. The van der Waals surface area contributed by atoms with Crippen LogP contribution in [-0.2, 0) is 9.53 Å². The van der Waals surface area contributed by atoms with Gasteiger partial charge in [-0.15, -0.1) is 24.8 Å². The van der Waals surface area contributed by atoms with Crippen molar-refractivity contribution in [3.8, 4) is 0 Å². The Labute approximate surface area is 134 Å². The number of carbonyl (C=O) groups is 1. The molecule has 5 nitrogen and oxygen atoms in total. The Balaban J connectivity index is 0.00000180. The van der Waals surface area contributed by atoms with Gasteiger partial charge in [-0.3, -0.25) is 9.69 Å². The molecule has 2 heterocycles. The van der Waals surface area contributed by atoms with Gasteiger partial charge in [0, 0.05) is 32.2 Å². The Morgan fingerprint density at radius 3 is 2.85 bits per heavy atom. The lowest BCUT2D eigenvalue weighted by atomic mass is 10.0. The van der Waals surface area contributed by atoms with Gasteiger partial charge in [-0.2, -0.15) is 0 Å². The number of piperidine rings is 1. The van der Waals surface area contributed by atoms with E-state index in [-0.39, 0.29) is 36.8 Å². The van der Waals surface area contributed by atoms with Crippen molar-refractivity contribution in [1.29, 1.82) is 0 Å². The van der Waals surface area contributed by atoms with Crippen molar-refractivity contribution in [2.24, 2.45) is 0 Å². The summed E-state index contributed by atoms with van der Waals surface area (Å²) in [4.78, 5) is 14.3. The molecule has 0 aromatic heterocycles. The third kappa shape index (κ3) is 6.14. The maximum absolute atomic E-state index is 11.8. The lowest BCUT2D eigenvalue weighted by molar-refractivity contribution is -0.134.